The highest BCUT2D eigenvalue weighted by atomic mass is 79.9. The number of alkyl halides is 4. The van der Waals surface area contributed by atoms with E-state index in [4.69, 9.17) is 9.47 Å². The van der Waals surface area contributed by atoms with Gasteiger partial charge >= 0.3 is 11.9 Å². The summed E-state index contributed by atoms with van der Waals surface area (Å²) in [5, 5.41) is 0. The Morgan fingerprint density at radius 1 is 0.594 bits per heavy atom. The standard InChI is InChI=1S/C24H22Br4O4/c1-31-19(29)7-9-3-4-10(7)22-14-6-5-13(17(14)25)21(9,22)23(27)11(3)8(20(30)32-2)12(4)24(22,28)16(6)18(26)15(5)23/h3-18H,1-2H3/t3-,4-,5-,6-,7?,8?,9?,10?,11-,12+,13-,14+,15+,16-,17?,18?,21?,22?,23+,24-/m0/s1. The van der Waals surface area contributed by atoms with E-state index in [9.17, 15) is 9.59 Å². The van der Waals surface area contributed by atoms with E-state index in [1.165, 1.54) is 0 Å². The average molecular weight is 694 g/mol. The Morgan fingerprint density at radius 2 is 0.938 bits per heavy atom. The van der Waals surface area contributed by atoms with Crippen LogP contribution in [0.5, 0.6) is 0 Å². The molecule has 4 bridgehead atoms. The van der Waals surface area contributed by atoms with Crippen molar-refractivity contribution >= 4 is 75.7 Å². The van der Waals surface area contributed by atoms with Gasteiger partial charge in [0, 0.05) is 29.1 Å². The van der Waals surface area contributed by atoms with Crippen LogP contribution in [0, 0.1) is 93.7 Å². The topological polar surface area (TPSA) is 52.6 Å². The van der Waals surface area contributed by atoms with Crippen LogP contribution < -0.4 is 0 Å². The number of hydrogen-bond acceptors (Lipinski definition) is 4. The van der Waals surface area contributed by atoms with Gasteiger partial charge in [0.15, 0.2) is 0 Å². The summed E-state index contributed by atoms with van der Waals surface area (Å²) >= 11 is 17.8. The van der Waals surface area contributed by atoms with Gasteiger partial charge in [0.2, 0.25) is 0 Å². The number of ether oxygens (including phenoxy) is 2. The fraction of sp³-hybridized carbons (Fsp3) is 0.917. The van der Waals surface area contributed by atoms with Crippen LogP contribution in [0.2, 0.25) is 0 Å². The lowest BCUT2D eigenvalue weighted by molar-refractivity contribution is -0.149. The molecule has 8 heteroatoms. The molecule has 0 aliphatic heterocycles. The van der Waals surface area contributed by atoms with E-state index >= 15 is 0 Å². The molecule has 10 saturated carbocycles. The van der Waals surface area contributed by atoms with E-state index in [0.29, 0.717) is 68.8 Å². The van der Waals surface area contributed by atoms with Crippen molar-refractivity contribution in [3.8, 4) is 0 Å². The molecular formula is C24H22Br4O4. The Hall–Kier alpha value is 0.860. The molecule has 4 nitrogen and oxygen atoms in total. The highest BCUT2D eigenvalue weighted by Crippen LogP contribution is 3.11. The van der Waals surface area contributed by atoms with Crippen LogP contribution in [-0.4, -0.2) is 44.5 Å². The molecule has 8 unspecified atom stereocenters. The molecule has 20 atom stereocenters. The Labute approximate surface area is 219 Å². The summed E-state index contributed by atoms with van der Waals surface area (Å²) in [7, 11) is 3.15. The zero-order valence-corrected chi connectivity index (χ0v) is 23.7. The second-order valence-electron chi connectivity index (χ2n) is 12.8. The third-order valence-corrected chi connectivity index (χ3v) is 19.8. The minimum atomic E-state index is -0.0987. The van der Waals surface area contributed by atoms with E-state index in [1.807, 2.05) is 0 Å². The van der Waals surface area contributed by atoms with Crippen molar-refractivity contribution in [3.05, 3.63) is 0 Å². The lowest BCUT2D eigenvalue weighted by Gasteiger charge is -2.55. The molecule has 0 amide bonds. The zero-order chi connectivity index (χ0) is 21.8. The lowest BCUT2D eigenvalue weighted by atomic mass is 9.51. The van der Waals surface area contributed by atoms with E-state index in [2.05, 4.69) is 63.7 Å². The Bertz CT molecular complexity index is 1060. The molecule has 0 aromatic rings. The van der Waals surface area contributed by atoms with Crippen molar-refractivity contribution in [3.63, 3.8) is 0 Å². The highest BCUT2D eigenvalue weighted by Gasteiger charge is 3.13. The SMILES string of the molecule is COC(=O)C1C2[C@@H]3[C@H]4C1C15[C@H]6C(Br)[C@@H]7[C@@H]8[C@@H]6[C@H]6C(Br)[C@@H]8[C@](Br)([C@@H]3C(C(=O)OC)[C@@H]4[C@]61Br)C275. The number of esters is 2. The molecule has 0 aromatic heterocycles. The average Bonchev–Trinajstić information content (AvgIpc) is 3.57. The monoisotopic (exact) mass is 690 g/mol. The molecule has 0 heterocycles. The molecular weight excluding hydrogens is 672 g/mol. The van der Waals surface area contributed by atoms with Crippen molar-refractivity contribution in [2.45, 2.75) is 18.3 Å². The van der Waals surface area contributed by atoms with Crippen LogP contribution in [0.1, 0.15) is 0 Å². The zero-order valence-electron chi connectivity index (χ0n) is 17.4. The van der Waals surface area contributed by atoms with Crippen molar-refractivity contribution in [1.82, 2.24) is 0 Å². The number of fused-ring (bicyclic) bond motifs is 4. The van der Waals surface area contributed by atoms with Gasteiger partial charge in [-0.15, -0.1) is 0 Å². The first-order valence-corrected chi connectivity index (χ1v) is 15.5. The van der Waals surface area contributed by atoms with Crippen molar-refractivity contribution in [1.29, 1.82) is 0 Å². The van der Waals surface area contributed by atoms with E-state index in [0.717, 1.165) is 0 Å². The Balaban J connectivity index is 1.42. The van der Waals surface area contributed by atoms with Gasteiger partial charge in [0.1, 0.15) is 0 Å². The van der Waals surface area contributed by atoms with Crippen LogP contribution in [0.25, 0.3) is 0 Å². The van der Waals surface area contributed by atoms with Crippen LogP contribution >= 0.6 is 63.7 Å². The fourth-order valence-corrected chi connectivity index (χ4v) is 23.4. The normalized spacial score (nSPS) is 80.3. The number of halogens is 4. The Morgan fingerprint density at radius 3 is 1.34 bits per heavy atom. The summed E-state index contributed by atoms with van der Waals surface area (Å²) in [6, 6.07) is 0. The van der Waals surface area contributed by atoms with Gasteiger partial charge in [0.25, 0.3) is 0 Å². The molecule has 2 spiro atoms. The molecule has 10 aliphatic carbocycles. The highest BCUT2D eigenvalue weighted by molar-refractivity contribution is 9.11. The minimum absolute atomic E-state index is 0.00365. The summed E-state index contributed by atoms with van der Waals surface area (Å²) in [6.45, 7) is 0. The van der Waals surface area contributed by atoms with Crippen molar-refractivity contribution < 1.29 is 19.1 Å². The number of carbonyl (C=O) groups is 2. The van der Waals surface area contributed by atoms with E-state index in [1.54, 1.807) is 14.2 Å². The number of rotatable bonds is 2. The predicted octanol–water partition coefficient (Wildman–Crippen LogP) is 3.86. The summed E-state index contributed by atoms with van der Waals surface area (Å²) < 4.78 is 10.9. The first-order valence-electron chi connectivity index (χ1n) is 12.1. The molecule has 0 saturated heterocycles. The van der Waals surface area contributed by atoms with Crippen molar-refractivity contribution in [2.24, 2.45) is 93.7 Å². The summed E-state index contributed by atoms with van der Waals surface area (Å²) in [6.07, 6.45) is 0. The second-order valence-corrected chi connectivity index (χ2v) is 17.5. The second kappa shape index (κ2) is 4.64. The van der Waals surface area contributed by atoms with Gasteiger partial charge in [-0.2, -0.15) is 0 Å². The molecule has 0 N–H and O–H groups in total. The fourth-order valence-electron chi connectivity index (χ4n) is 15.5. The third kappa shape index (κ3) is 1.08. The summed E-state index contributed by atoms with van der Waals surface area (Å²) in [4.78, 5) is 28.0. The maximum Gasteiger partial charge on any atom is 0.309 e. The van der Waals surface area contributed by atoms with Crippen LogP contribution in [0.4, 0.5) is 0 Å². The molecule has 0 aromatic carbocycles. The van der Waals surface area contributed by atoms with Gasteiger partial charge in [0.05, 0.1) is 26.1 Å². The lowest BCUT2D eigenvalue weighted by Crippen LogP contribution is -2.57. The van der Waals surface area contributed by atoms with Gasteiger partial charge in [-0.3, -0.25) is 9.59 Å². The first-order chi connectivity index (χ1) is 15.3. The molecule has 10 aliphatic rings. The van der Waals surface area contributed by atoms with Crippen LogP contribution in [0.15, 0.2) is 0 Å². The third-order valence-electron chi connectivity index (χ3n) is 14.1. The van der Waals surface area contributed by atoms with Gasteiger partial charge in [-0.25, -0.2) is 0 Å². The minimum Gasteiger partial charge on any atom is -0.469 e. The van der Waals surface area contributed by atoms with Gasteiger partial charge in [-0.05, 0) is 71.0 Å². The Kier molecular flexibility index (Phi) is 2.76. The maximum atomic E-state index is 13.5. The molecule has 32 heavy (non-hydrogen) atoms. The van der Waals surface area contributed by atoms with Gasteiger partial charge < -0.3 is 9.47 Å². The maximum absolute atomic E-state index is 13.5. The van der Waals surface area contributed by atoms with Gasteiger partial charge in [-0.1, -0.05) is 63.7 Å². The molecule has 10 rings (SSSR count). The predicted molar refractivity (Wildman–Crippen MR) is 127 cm³/mol. The first kappa shape index (κ1) is 19.0. The molecule has 0 radical (unpaired) electrons. The van der Waals surface area contributed by atoms with Crippen LogP contribution in [-0.2, 0) is 19.1 Å². The summed E-state index contributed by atoms with van der Waals surface area (Å²) in [5.74, 6) is 5.64. The van der Waals surface area contributed by atoms with E-state index < -0.39 is 0 Å². The van der Waals surface area contributed by atoms with Crippen LogP contribution in [0.3, 0.4) is 0 Å². The number of hydrogen-bond donors (Lipinski definition) is 0. The molecule has 170 valence electrons. The van der Waals surface area contributed by atoms with Crippen molar-refractivity contribution in [2.75, 3.05) is 14.2 Å². The van der Waals surface area contributed by atoms with E-state index in [-0.39, 0.29) is 55.1 Å². The smallest absolute Gasteiger partial charge is 0.309 e. The quantitative estimate of drug-likeness (QED) is 0.326. The number of methoxy groups -OCH3 is 2. The molecule has 10 fully saturated rings. The number of carbonyl (C=O) groups excluding carboxylic acids is 2. The largest absolute Gasteiger partial charge is 0.469 e. The summed E-state index contributed by atoms with van der Waals surface area (Å²) in [5.41, 5.74) is 0.136.